The van der Waals surface area contributed by atoms with Gasteiger partial charge in [0.25, 0.3) is 0 Å². The van der Waals surface area contributed by atoms with Gasteiger partial charge in [-0.3, -0.25) is 19.6 Å². The number of carbonyl (C=O) groups excluding carboxylic acids is 1. The average Bonchev–Trinajstić information content (AvgIpc) is 2.78. The van der Waals surface area contributed by atoms with E-state index in [-0.39, 0.29) is 5.91 Å². The van der Waals surface area contributed by atoms with E-state index in [2.05, 4.69) is 53.8 Å². The minimum atomic E-state index is 0.252. The molecule has 31 heavy (non-hydrogen) atoms. The number of piperazine rings is 1. The Morgan fingerprint density at radius 1 is 1.19 bits per heavy atom. The largest absolute Gasteiger partial charge is 0.339 e. The molecule has 2 saturated heterocycles. The van der Waals surface area contributed by atoms with Crippen LogP contribution < -0.4 is 0 Å². The molecular weight excluding hydrogens is 386 g/mol. The molecule has 164 valence electrons. The Labute approximate surface area is 185 Å². The van der Waals surface area contributed by atoms with E-state index < -0.39 is 0 Å². The summed E-state index contributed by atoms with van der Waals surface area (Å²) in [6.07, 6.45) is 2.84. The SMILES string of the molecule is CC(C)N1CCN(C(=O)CN2C[C@H](C)C[C@H](c3ccc(C#N)c4ncccc34)C2)CC1. The van der Waals surface area contributed by atoms with E-state index in [0.29, 0.717) is 30.0 Å². The smallest absolute Gasteiger partial charge is 0.236 e. The topological polar surface area (TPSA) is 63.5 Å². The summed E-state index contributed by atoms with van der Waals surface area (Å²) in [6.45, 7) is 12.6. The first-order chi connectivity index (χ1) is 15.0. The summed E-state index contributed by atoms with van der Waals surface area (Å²) in [4.78, 5) is 24.3. The minimum absolute atomic E-state index is 0.252. The van der Waals surface area contributed by atoms with Crippen molar-refractivity contribution in [1.29, 1.82) is 5.26 Å². The average molecular weight is 420 g/mol. The summed E-state index contributed by atoms with van der Waals surface area (Å²) in [5.41, 5.74) is 2.65. The number of pyridine rings is 1. The monoisotopic (exact) mass is 419 g/mol. The number of nitriles is 1. The summed E-state index contributed by atoms with van der Waals surface area (Å²) in [6, 6.07) is 10.8. The third kappa shape index (κ3) is 4.73. The fourth-order valence-corrected chi connectivity index (χ4v) is 5.24. The van der Waals surface area contributed by atoms with Crippen LogP contribution in [-0.4, -0.2) is 77.4 Å². The first kappa shape index (κ1) is 21.7. The highest BCUT2D eigenvalue weighted by atomic mass is 16.2. The Bertz CT molecular complexity index is 974. The van der Waals surface area contributed by atoms with Gasteiger partial charge in [-0.15, -0.1) is 0 Å². The maximum atomic E-state index is 13.0. The fraction of sp³-hybridized carbons (Fsp3) is 0.560. The molecule has 0 radical (unpaired) electrons. The van der Waals surface area contributed by atoms with E-state index >= 15 is 0 Å². The van der Waals surface area contributed by atoms with Crippen molar-refractivity contribution < 1.29 is 4.79 Å². The quantitative estimate of drug-likeness (QED) is 0.762. The van der Waals surface area contributed by atoms with Gasteiger partial charge >= 0.3 is 0 Å². The molecule has 2 fully saturated rings. The zero-order valence-corrected chi connectivity index (χ0v) is 18.9. The van der Waals surface area contributed by atoms with Crippen LogP contribution in [0.3, 0.4) is 0 Å². The summed E-state index contributed by atoms with van der Waals surface area (Å²) in [5, 5.41) is 10.5. The minimum Gasteiger partial charge on any atom is -0.339 e. The van der Waals surface area contributed by atoms with E-state index in [9.17, 15) is 10.1 Å². The van der Waals surface area contributed by atoms with E-state index in [1.165, 1.54) is 5.56 Å². The van der Waals surface area contributed by atoms with Crippen molar-refractivity contribution in [3.05, 3.63) is 41.6 Å². The number of likely N-dealkylation sites (tertiary alicyclic amines) is 1. The number of benzene rings is 1. The molecule has 1 aromatic heterocycles. The molecule has 4 rings (SSSR count). The lowest BCUT2D eigenvalue weighted by Crippen LogP contribution is -2.53. The van der Waals surface area contributed by atoms with Crippen LogP contribution >= 0.6 is 0 Å². The first-order valence-electron chi connectivity index (χ1n) is 11.5. The molecule has 2 aromatic rings. The normalized spacial score (nSPS) is 23.3. The van der Waals surface area contributed by atoms with Gasteiger partial charge in [0.05, 0.1) is 17.6 Å². The number of amides is 1. The van der Waals surface area contributed by atoms with Crippen LogP contribution in [0.15, 0.2) is 30.5 Å². The van der Waals surface area contributed by atoms with Crippen molar-refractivity contribution in [1.82, 2.24) is 19.7 Å². The molecule has 6 heteroatoms. The number of carbonyl (C=O) groups is 1. The highest BCUT2D eigenvalue weighted by molar-refractivity contribution is 5.87. The van der Waals surface area contributed by atoms with Gasteiger partial charge in [-0.1, -0.05) is 19.1 Å². The number of fused-ring (bicyclic) bond motifs is 1. The van der Waals surface area contributed by atoms with E-state index in [1.807, 2.05) is 17.0 Å². The molecule has 6 nitrogen and oxygen atoms in total. The van der Waals surface area contributed by atoms with Gasteiger partial charge in [-0.2, -0.15) is 5.26 Å². The second kappa shape index (κ2) is 9.33. The van der Waals surface area contributed by atoms with Crippen molar-refractivity contribution in [2.24, 2.45) is 5.92 Å². The standard InChI is InChI=1S/C25H33N5O/c1-18(2)29-9-11-30(12-10-29)24(31)17-28-15-19(3)13-21(16-28)22-7-6-20(14-26)25-23(22)5-4-8-27-25/h4-8,18-19,21H,9-13,15-17H2,1-3H3/t19-,21+/m1/s1. The van der Waals surface area contributed by atoms with E-state index in [0.717, 1.165) is 56.6 Å². The predicted molar refractivity (Wildman–Crippen MR) is 123 cm³/mol. The van der Waals surface area contributed by atoms with Crippen LogP contribution in [0.25, 0.3) is 10.9 Å². The number of rotatable bonds is 4. The van der Waals surface area contributed by atoms with Crippen molar-refractivity contribution >= 4 is 16.8 Å². The first-order valence-corrected chi connectivity index (χ1v) is 11.5. The Kier molecular flexibility index (Phi) is 6.54. The molecule has 0 aliphatic carbocycles. The molecule has 0 spiro atoms. The van der Waals surface area contributed by atoms with Crippen LogP contribution in [0.1, 0.15) is 44.2 Å². The van der Waals surface area contributed by atoms with Crippen molar-refractivity contribution in [2.75, 3.05) is 45.8 Å². The molecule has 2 aliphatic heterocycles. The Morgan fingerprint density at radius 3 is 2.68 bits per heavy atom. The second-order valence-corrected chi connectivity index (χ2v) is 9.46. The lowest BCUT2D eigenvalue weighted by Gasteiger charge is -2.40. The van der Waals surface area contributed by atoms with Gasteiger partial charge < -0.3 is 4.90 Å². The number of hydrogen-bond donors (Lipinski definition) is 0. The number of aromatic nitrogens is 1. The van der Waals surface area contributed by atoms with Crippen LogP contribution in [0, 0.1) is 17.2 Å². The molecule has 3 heterocycles. The third-order valence-electron chi connectivity index (χ3n) is 6.86. The van der Waals surface area contributed by atoms with Crippen LogP contribution in [0.4, 0.5) is 0 Å². The maximum Gasteiger partial charge on any atom is 0.236 e. The van der Waals surface area contributed by atoms with Gasteiger partial charge in [0.1, 0.15) is 6.07 Å². The Hall–Kier alpha value is -2.49. The lowest BCUT2D eigenvalue weighted by atomic mass is 9.83. The second-order valence-electron chi connectivity index (χ2n) is 9.46. The van der Waals surface area contributed by atoms with Crippen LogP contribution in [0.2, 0.25) is 0 Å². The number of nitrogens with zero attached hydrogens (tertiary/aromatic N) is 5. The molecule has 0 bridgehead atoms. The van der Waals surface area contributed by atoms with E-state index in [1.54, 1.807) is 6.20 Å². The highest BCUT2D eigenvalue weighted by Crippen LogP contribution is 2.34. The molecule has 2 aliphatic rings. The van der Waals surface area contributed by atoms with Crippen LogP contribution in [-0.2, 0) is 4.79 Å². The van der Waals surface area contributed by atoms with Gasteiger partial charge in [-0.05, 0) is 49.8 Å². The molecule has 2 atom stereocenters. The molecule has 1 aromatic carbocycles. The predicted octanol–water partition coefficient (Wildman–Crippen LogP) is 3.08. The Morgan fingerprint density at radius 2 is 1.97 bits per heavy atom. The zero-order chi connectivity index (χ0) is 22.0. The van der Waals surface area contributed by atoms with Gasteiger partial charge in [0.2, 0.25) is 5.91 Å². The maximum absolute atomic E-state index is 13.0. The van der Waals surface area contributed by atoms with E-state index in [4.69, 9.17) is 0 Å². The molecule has 0 N–H and O–H groups in total. The highest BCUT2D eigenvalue weighted by Gasteiger charge is 2.30. The third-order valence-corrected chi connectivity index (χ3v) is 6.86. The fourth-order valence-electron chi connectivity index (χ4n) is 5.24. The summed E-state index contributed by atoms with van der Waals surface area (Å²) in [5.74, 6) is 1.11. The number of piperidine rings is 1. The molecule has 0 unspecified atom stereocenters. The van der Waals surface area contributed by atoms with Crippen molar-refractivity contribution in [3.8, 4) is 6.07 Å². The molecular formula is C25H33N5O. The number of hydrogen-bond acceptors (Lipinski definition) is 5. The lowest BCUT2D eigenvalue weighted by molar-refractivity contribution is -0.134. The zero-order valence-electron chi connectivity index (χ0n) is 18.9. The Balaban J connectivity index is 1.47. The van der Waals surface area contributed by atoms with Gasteiger partial charge in [0.15, 0.2) is 0 Å². The van der Waals surface area contributed by atoms with Gasteiger partial charge in [-0.25, -0.2) is 0 Å². The molecule has 1 amide bonds. The van der Waals surface area contributed by atoms with Gasteiger partial charge in [0, 0.05) is 56.9 Å². The molecule has 0 saturated carbocycles. The summed E-state index contributed by atoms with van der Waals surface area (Å²) < 4.78 is 0. The summed E-state index contributed by atoms with van der Waals surface area (Å²) in [7, 11) is 0. The summed E-state index contributed by atoms with van der Waals surface area (Å²) >= 11 is 0. The van der Waals surface area contributed by atoms with Crippen molar-refractivity contribution in [3.63, 3.8) is 0 Å². The van der Waals surface area contributed by atoms with Crippen molar-refractivity contribution in [2.45, 2.75) is 39.2 Å². The van der Waals surface area contributed by atoms with Crippen LogP contribution in [0.5, 0.6) is 0 Å².